The van der Waals surface area contributed by atoms with Gasteiger partial charge in [0.25, 0.3) is 5.56 Å². The molecule has 0 unspecified atom stereocenters. The van der Waals surface area contributed by atoms with Gasteiger partial charge in [-0.1, -0.05) is 48.5 Å². The SMILES string of the molecule is Cc1c(-c2cccc(OC3CN(S(C)(=O)=O)C3)c2F)c(=O)n(C[C@H](N)c2ccccc2)c(=O)n1Cc1c(F)cccc1C(F)(F)F. The Bertz CT molecular complexity index is 2010. The topological polar surface area (TPSA) is 117 Å². The lowest BCUT2D eigenvalue weighted by molar-refractivity contribution is -0.138. The molecule has 0 radical (unpaired) electrons. The molecule has 0 amide bonds. The van der Waals surface area contributed by atoms with Crippen molar-refractivity contribution in [3.63, 3.8) is 0 Å². The van der Waals surface area contributed by atoms with Gasteiger partial charge in [0.2, 0.25) is 10.0 Å². The number of alkyl halides is 3. The summed E-state index contributed by atoms with van der Waals surface area (Å²) >= 11 is 0. The zero-order chi connectivity index (χ0) is 33.6. The van der Waals surface area contributed by atoms with E-state index in [-0.39, 0.29) is 35.7 Å². The Morgan fingerprint density at radius 3 is 2.24 bits per heavy atom. The van der Waals surface area contributed by atoms with Gasteiger partial charge in [-0.3, -0.25) is 13.9 Å². The molecule has 1 aliphatic heterocycles. The van der Waals surface area contributed by atoms with Gasteiger partial charge in [-0.05, 0) is 30.7 Å². The molecule has 0 spiro atoms. The molecule has 0 aliphatic carbocycles. The second-order valence-electron chi connectivity index (χ2n) is 11.0. The van der Waals surface area contributed by atoms with Gasteiger partial charge in [0.05, 0.1) is 43.6 Å². The zero-order valence-electron chi connectivity index (χ0n) is 24.6. The molecule has 1 aliphatic rings. The highest BCUT2D eigenvalue weighted by Gasteiger charge is 2.37. The first-order chi connectivity index (χ1) is 21.6. The summed E-state index contributed by atoms with van der Waals surface area (Å²) < 4.78 is 104. The van der Waals surface area contributed by atoms with E-state index < -0.39 is 75.4 Å². The highest BCUT2D eigenvalue weighted by Crippen LogP contribution is 2.35. The average Bonchev–Trinajstić information content (AvgIpc) is 2.96. The Kier molecular flexibility index (Phi) is 8.94. The molecule has 46 heavy (non-hydrogen) atoms. The van der Waals surface area contributed by atoms with Crippen LogP contribution in [0.5, 0.6) is 5.75 Å². The Balaban J connectivity index is 1.66. The van der Waals surface area contributed by atoms with E-state index in [1.165, 1.54) is 25.1 Å². The third kappa shape index (κ3) is 6.48. The number of benzene rings is 3. The van der Waals surface area contributed by atoms with Gasteiger partial charge in [-0.25, -0.2) is 22.0 Å². The smallest absolute Gasteiger partial charge is 0.416 e. The van der Waals surface area contributed by atoms with Crippen LogP contribution in [0.4, 0.5) is 22.0 Å². The van der Waals surface area contributed by atoms with Crippen molar-refractivity contribution in [2.45, 2.75) is 38.3 Å². The summed E-state index contributed by atoms with van der Waals surface area (Å²) in [5, 5.41) is 0. The molecule has 15 heteroatoms. The lowest BCUT2D eigenvalue weighted by atomic mass is 10.0. The van der Waals surface area contributed by atoms with E-state index in [1.54, 1.807) is 30.3 Å². The largest absolute Gasteiger partial charge is 0.485 e. The molecule has 1 fully saturated rings. The number of hydrogen-bond acceptors (Lipinski definition) is 6. The van der Waals surface area contributed by atoms with Crippen LogP contribution in [0.1, 0.15) is 28.4 Å². The van der Waals surface area contributed by atoms with Crippen molar-refractivity contribution in [2.75, 3.05) is 19.3 Å². The predicted octanol–water partition coefficient (Wildman–Crippen LogP) is 4.05. The van der Waals surface area contributed by atoms with Crippen molar-refractivity contribution in [1.29, 1.82) is 0 Å². The molecule has 1 aromatic heterocycles. The second kappa shape index (κ2) is 12.5. The molecule has 4 aromatic rings. The number of nitrogens with two attached hydrogens (primary N) is 1. The number of hydrogen-bond donors (Lipinski definition) is 1. The van der Waals surface area contributed by atoms with Crippen molar-refractivity contribution in [3.05, 3.63) is 122 Å². The summed E-state index contributed by atoms with van der Waals surface area (Å²) in [6, 6.07) is 13.7. The molecule has 9 nitrogen and oxygen atoms in total. The molecule has 244 valence electrons. The van der Waals surface area contributed by atoms with Gasteiger partial charge < -0.3 is 10.5 Å². The molecule has 3 aromatic carbocycles. The van der Waals surface area contributed by atoms with E-state index >= 15 is 4.39 Å². The Morgan fingerprint density at radius 2 is 1.61 bits per heavy atom. The monoisotopic (exact) mass is 664 g/mol. The molecular weight excluding hydrogens is 635 g/mol. The van der Waals surface area contributed by atoms with Crippen LogP contribution in [-0.4, -0.2) is 47.3 Å². The summed E-state index contributed by atoms with van der Waals surface area (Å²) in [6.07, 6.45) is -4.62. The molecule has 2 heterocycles. The Labute approximate surface area is 260 Å². The van der Waals surface area contributed by atoms with Gasteiger partial charge in [0.15, 0.2) is 11.6 Å². The first-order valence-electron chi connectivity index (χ1n) is 14.0. The highest BCUT2D eigenvalue weighted by molar-refractivity contribution is 7.88. The van der Waals surface area contributed by atoms with Gasteiger partial charge in [0, 0.05) is 22.9 Å². The summed E-state index contributed by atoms with van der Waals surface area (Å²) in [7, 11) is -3.47. The van der Waals surface area contributed by atoms with Crippen LogP contribution in [0, 0.1) is 18.6 Å². The van der Waals surface area contributed by atoms with Crippen LogP contribution < -0.4 is 21.7 Å². The van der Waals surface area contributed by atoms with E-state index in [1.807, 2.05) is 0 Å². The maximum absolute atomic E-state index is 16.0. The van der Waals surface area contributed by atoms with Crippen molar-refractivity contribution >= 4 is 10.0 Å². The van der Waals surface area contributed by atoms with Gasteiger partial charge in [0.1, 0.15) is 11.9 Å². The van der Waals surface area contributed by atoms with Crippen LogP contribution in [0.2, 0.25) is 0 Å². The van der Waals surface area contributed by atoms with E-state index in [0.717, 1.165) is 27.3 Å². The molecule has 1 saturated heterocycles. The summed E-state index contributed by atoms with van der Waals surface area (Å²) in [6.45, 7) is -0.168. The first-order valence-corrected chi connectivity index (χ1v) is 15.8. The summed E-state index contributed by atoms with van der Waals surface area (Å²) in [4.78, 5) is 27.7. The van der Waals surface area contributed by atoms with Gasteiger partial charge in [-0.2, -0.15) is 17.5 Å². The number of ether oxygens (including phenoxy) is 1. The minimum atomic E-state index is -4.96. The summed E-state index contributed by atoms with van der Waals surface area (Å²) in [5.74, 6) is -2.56. The Hall–Kier alpha value is -4.34. The quantitative estimate of drug-likeness (QED) is 0.270. The summed E-state index contributed by atoms with van der Waals surface area (Å²) in [5.41, 5.74) is 1.72. The van der Waals surface area contributed by atoms with Gasteiger partial charge in [-0.15, -0.1) is 0 Å². The number of aromatic nitrogens is 2. The molecule has 0 saturated carbocycles. The number of sulfonamides is 1. The lowest BCUT2D eigenvalue weighted by Crippen LogP contribution is -2.55. The number of halogens is 5. The third-order valence-electron chi connectivity index (χ3n) is 7.84. The van der Waals surface area contributed by atoms with Crippen molar-refractivity contribution in [1.82, 2.24) is 13.4 Å². The zero-order valence-corrected chi connectivity index (χ0v) is 25.4. The fourth-order valence-electron chi connectivity index (χ4n) is 5.32. The first kappa shape index (κ1) is 33.0. The van der Waals surface area contributed by atoms with Crippen LogP contribution in [0.25, 0.3) is 11.1 Å². The van der Waals surface area contributed by atoms with Crippen LogP contribution in [-0.2, 0) is 29.3 Å². The van der Waals surface area contributed by atoms with E-state index in [4.69, 9.17) is 10.5 Å². The molecule has 5 rings (SSSR count). The number of nitrogens with zero attached hydrogens (tertiary/aromatic N) is 3. The van der Waals surface area contributed by atoms with E-state index in [2.05, 4.69) is 0 Å². The van der Waals surface area contributed by atoms with Crippen LogP contribution >= 0.6 is 0 Å². The molecule has 2 N–H and O–H groups in total. The normalized spacial score (nSPS) is 15.0. The standard InChI is InChI=1S/C31H29F5N4O5S/c1-18-27(21-10-6-13-26(28(21)33)45-20-14-38(15-20)46(2,43)44)29(41)40(17-25(37)19-8-4-3-5-9-19)30(42)39(18)16-22-23(31(34,35)36)11-7-12-24(22)32/h3-13,20,25H,14-17,37H2,1-2H3/t25-/m0/s1. The van der Waals surface area contributed by atoms with E-state index in [9.17, 15) is 35.6 Å². The second-order valence-corrected chi connectivity index (χ2v) is 12.9. The maximum Gasteiger partial charge on any atom is 0.416 e. The minimum absolute atomic E-state index is 0.0270. The predicted molar refractivity (Wildman–Crippen MR) is 160 cm³/mol. The van der Waals surface area contributed by atoms with Crippen molar-refractivity contribution in [3.8, 4) is 16.9 Å². The lowest BCUT2D eigenvalue weighted by Gasteiger charge is -2.37. The van der Waals surface area contributed by atoms with Crippen LogP contribution in [0.15, 0.2) is 76.3 Å². The maximum atomic E-state index is 16.0. The van der Waals surface area contributed by atoms with Crippen LogP contribution in [0.3, 0.4) is 0 Å². The molecule has 0 bridgehead atoms. The van der Waals surface area contributed by atoms with Gasteiger partial charge >= 0.3 is 11.9 Å². The van der Waals surface area contributed by atoms with E-state index in [0.29, 0.717) is 16.2 Å². The fraction of sp³-hybridized carbons (Fsp3) is 0.290. The third-order valence-corrected chi connectivity index (χ3v) is 9.08. The molecular formula is C31H29F5N4O5S. The van der Waals surface area contributed by atoms with Crippen molar-refractivity contribution in [2.24, 2.45) is 5.73 Å². The number of rotatable bonds is 9. The van der Waals surface area contributed by atoms with Crippen molar-refractivity contribution < 1.29 is 35.1 Å². The molecule has 1 atom stereocenters. The Morgan fingerprint density at radius 1 is 0.957 bits per heavy atom. The average molecular weight is 665 g/mol. The fourth-order valence-corrected chi connectivity index (χ4v) is 6.20. The highest BCUT2D eigenvalue weighted by atomic mass is 32.2. The minimum Gasteiger partial charge on any atom is -0.485 e.